The molecule has 0 heterocycles. The molecule has 1 N–H and O–H groups in total. The number of hydrogen-bond donors (Lipinski definition) is 1. The van der Waals surface area contributed by atoms with E-state index in [0.717, 1.165) is 32.3 Å². The molecule has 0 aromatic carbocycles. The molecule has 0 saturated carbocycles. The van der Waals surface area contributed by atoms with Crippen molar-refractivity contribution in [1.82, 2.24) is 0 Å². The van der Waals surface area contributed by atoms with E-state index in [1.54, 1.807) is 0 Å². The van der Waals surface area contributed by atoms with Crippen LogP contribution in [0.3, 0.4) is 0 Å². The van der Waals surface area contributed by atoms with Gasteiger partial charge in [0.2, 0.25) is 0 Å². The van der Waals surface area contributed by atoms with Crippen LogP contribution in [0.4, 0.5) is 0 Å². The fraction of sp³-hybridized carbons (Fsp3) is 0.923. The predicted octanol–water partition coefficient (Wildman–Crippen LogP) is 2.54. The number of carbonyl (C=O) groups is 1. The second-order valence-corrected chi connectivity index (χ2v) is 3.74. The van der Waals surface area contributed by atoms with Gasteiger partial charge >= 0.3 is 5.97 Å². The monoisotopic (exact) mass is 248 g/mol. The summed E-state index contributed by atoms with van der Waals surface area (Å²) in [5, 5.41) is 8.20. The molecular formula is C13H28O4. The van der Waals surface area contributed by atoms with Crippen LogP contribution in [-0.2, 0) is 14.3 Å². The van der Waals surface area contributed by atoms with Gasteiger partial charge in [-0.25, -0.2) is 0 Å². The zero-order valence-corrected chi connectivity index (χ0v) is 11.5. The molecule has 0 radical (unpaired) electrons. The van der Waals surface area contributed by atoms with E-state index in [2.05, 4.69) is 18.6 Å². The Balaban J connectivity index is 0. The van der Waals surface area contributed by atoms with E-state index in [9.17, 15) is 4.79 Å². The van der Waals surface area contributed by atoms with Gasteiger partial charge in [-0.05, 0) is 12.8 Å². The van der Waals surface area contributed by atoms with Gasteiger partial charge in [0.15, 0.2) is 0 Å². The molecule has 0 aromatic heterocycles. The molecular weight excluding hydrogens is 220 g/mol. The predicted molar refractivity (Wildman–Crippen MR) is 69.0 cm³/mol. The number of aliphatic hydroxyl groups is 1. The minimum Gasteiger partial charge on any atom is -0.463 e. The molecule has 0 amide bonds. The maximum atomic E-state index is 10.3. The number of esters is 1. The fourth-order valence-electron chi connectivity index (χ4n) is 0.955. The zero-order valence-electron chi connectivity index (χ0n) is 11.5. The molecule has 0 aliphatic carbocycles. The highest BCUT2D eigenvalue weighted by Crippen LogP contribution is 1.89. The summed E-state index contributed by atoms with van der Waals surface area (Å²) in [7, 11) is 0. The van der Waals surface area contributed by atoms with Crippen LogP contribution in [0.15, 0.2) is 0 Å². The van der Waals surface area contributed by atoms with Crippen LogP contribution in [0, 0.1) is 0 Å². The summed E-state index contributed by atoms with van der Waals surface area (Å²) < 4.78 is 9.81. The van der Waals surface area contributed by atoms with E-state index in [1.807, 2.05) is 0 Å². The van der Waals surface area contributed by atoms with Gasteiger partial charge in [-0.3, -0.25) is 4.79 Å². The molecule has 0 aliphatic rings. The number of hydrogen-bond acceptors (Lipinski definition) is 4. The van der Waals surface area contributed by atoms with Gasteiger partial charge in [0.05, 0.1) is 6.61 Å². The summed E-state index contributed by atoms with van der Waals surface area (Å²) in [5.74, 6) is -0.246. The molecule has 0 aromatic rings. The van der Waals surface area contributed by atoms with Gasteiger partial charge in [-0.2, -0.15) is 0 Å². The Labute approximate surface area is 105 Å². The average Bonchev–Trinajstić information content (AvgIpc) is 2.31. The van der Waals surface area contributed by atoms with Crippen LogP contribution in [0.1, 0.15) is 52.9 Å². The number of rotatable bonds is 9. The molecule has 4 heteroatoms. The standard InChI is InChI=1S/C8H16O3.C5H12O/c1-3-4-5-10-6-7-11-8(2)9;1-2-3-4-5-6/h3-7H2,1-2H3;6H,2-5H2,1H3. The molecule has 0 fully saturated rings. The first-order valence-corrected chi connectivity index (χ1v) is 6.50. The third-order valence-electron chi connectivity index (χ3n) is 1.94. The molecule has 0 bridgehead atoms. The van der Waals surface area contributed by atoms with Crippen LogP contribution in [0.2, 0.25) is 0 Å². The number of carbonyl (C=O) groups excluding carboxylic acids is 1. The lowest BCUT2D eigenvalue weighted by Crippen LogP contribution is -2.07. The molecule has 0 saturated heterocycles. The fourth-order valence-corrected chi connectivity index (χ4v) is 0.955. The van der Waals surface area contributed by atoms with Crippen LogP contribution in [0.5, 0.6) is 0 Å². The highest BCUT2D eigenvalue weighted by atomic mass is 16.6. The lowest BCUT2D eigenvalue weighted by Gasteiger charge is -2.02. The molecule has 0 rings (SSSR count). The molecule has 0 spiro atoms. The van der Waals surface area contributed by atoms with Gasteiger partial charge in [0.25, 0.3) is 0 Å². The summed E-state index contributed by atoms with van der Waals surface area (Å²) in [6.07, 6.45) is 5.53. The van der Waals surface area contributed by atoms with E-state index >= 15 is 0 Å². The Morgan fingerprint density at radius 2 is 1.65 bits per heavy atom. The van der Waals surface area contributed by atoms with E-state index < -0.39 is 0 Å². The Morgan fingerprint density at radius 3 is 2.06 bits per heavy atom. The second-order valence-electron chi connectivity index (χ2n) is 3.74. The van der Waals surface area contributed by atoms with Crippen LogP contribution in [0.25, 0.3) is 0 Å². The third-order valence-corrected chi connectivity index (χ3v) is 1.94. The summed E-state index contributed by atoms with van der Waals surface area (Å²) in [5.41, 5.74) is 0. The van der Waals surface area contributed by atoms with Gasteiger partial charge < -0.3 is 14.6 Å². The van der Waals surface area contributed by atoms with Gasteiger partial charge in [0, 0.05) is 20.1 Å². The number of unbranched alkanes of at least 4 members (excludes halogenated alkanes) is 3. The number of ether oxygens (including phenoxy) is 2. The van der Waals surface area contributed by atoms with E-state index in [4.69, 9.17) is 9.84 Å². The van der Waals surface area contributed by atoms with Crippen LogP contribution in [-0.4, -0.2) is 37.5 Å². The SMILES string of the molecule is CCCCCO.CCCCOCCOC(C)=O. The molecule has 0 atom stereocenters. The number of aliphatic hydroxyl groups excluding tert-OH is 1. The lowest BCUT2D eigenvalue weighted by atomic mass is 10.3. The molecule has 4 nitrogen and oxygen atoms in total. The smallest absolute Gasteiger partial charge is 0.302 e. The summed E-state index contributed by atoms with van der Waals surface area (Å²) in [4.78, 5) is 10.3. The van der Waals surface area contributed by atoms with Crippen molar-refractivity contribution >= 4 is 5.97 Å². The molecule has 17 heavy (non-hydrogen) atoms. The summed E-state index contributed by atoms with van der Waals surface area (Å²) in [6.45, 7) is 7.63. The minimum atomic E-state index is -0.246. The van der Waals surface area contributed by atoms with E-state index in [0.29, 0.717) is 19.8 Å². The molecule has 0 aliphatic heterocycles. The average molecular weight is 248 g/mol. The molecule has 0 unspecified atom stereocenters. The van der Waals surface area contributed by atoms with Gasteiger partial charge in [0.1, 0.15) is 6.61 Å². The highest BCUT2D eigenvalue weighted by Gasteiger charge is 1.91. The largest absolute Gasteiger partial charge is 0.463 e. The first kappa shape index (κ1) is 18.7. The Kier molecular flexibility index (Phi) is 19.6. The Morgan fingerprint density at radius 1 is 1.00 bits per heavy atom. The topological polar surface area (TPSA) is 55.8 Å². The van der Waals surface area contributed by atoms with Crippen molar-refractivity contribution in [1.29, 1.82) is 0 Å². The van der Waals surface area contributed by atoms with Gasteiger partial charge in [-0.1, -0.05) is 33.1 Å². The van der Waals surface area contributed by atoms with Gasteiger partial charge in [-0.15, -0.1) is 0 Å². The lowest BCUT2D eigenvalue weighted by molar-refractivity contribution is -0.142. The summed E-state index contributed by atoms with van der Waals surface area (Å²) >= 11 is 0. The summed E-state index contributed by atoms with van der Waals surface area (Å²) in [6, 6.07) is 0. The van der Waals surface area contributed by atoms with E-state index in [1.165, 1.54) is 13.3 Å². The first-order valence-electron chi connectivity index (χ1n) is 6.50. The second kappa shape index (κ2) is 17.8. The normalized spacial score (nSPS) is 9.41. The van der Waals surface area contributed by atoms with Crippen molar-refractivity contribution in [3.8, 4) is 0 Å². The Hall–Kier alpha value is -0.610. The highest BCUT2D eigenvalue weighted by molar-refractivity contribution is 5.65. The van der Waals surface area contributed by atoms with Crippen LogP contribution < -0.4 is 0 Å². The van der Waals surface area contributed by atoms with Crippen LogP contribution >= 0.6 is 0 Å². The van der Waals surface area contributed by atoms with Crippen molar-refractivity contribution in [2.45, 2.75) is 52.9 Å². The van der Waals surface area contributed by atoms with Crippen molar-refractivity contribution in [2.75, 3.05) is 26.4 Å². The quantitative estimate of drug-likeness (QED) is 0.503. The minimum absolute atomic E-state index is 0.246. The van der Waals surface area contributed by atoms with E-state index in [-0.39, 0.29) is 5.97 Å². The maximum absolute atomic E-state index is 10.3. The van der Waals surface area contributed by atoms with Crippen molar-refractivity contribution in [2.24, 2.45) is 0 Å². The first-order chi connectivity index (χ1) is 8.18. The van der Waals surface area contributed by atoms with Crippen molar-refractivity contribution in [3.05, 3.63) is 0 Å². The maximum Gasteiger partial charge on any atom is 0.302 e. The van der Waals surface area contributed by atoms with Crippen molar-refractivity contribution in [3.63, 3.8) is 0 Å². The zero-order chi connectivity index (χ0) is 13.4. The third kappa shape index (κ3) is 25.6. The Bertz CT molecular complexity index is 144. The van der Waals surface area contributed by atoms with Crippen molar-refractivity contribution < 1.29 is 19.4 Å². The molecule has 104 valence electrons.